The summed E-state index contributed by atoms with van der Waals surface area (Å²) in [6, 6.07) is 18.2. The van der Waals surface area contributed by atoms with Crippen LogP contribution in [0.1, 0.15) is 67.7 Å². The smallest absolute Gasteiger partial charge is 0.340 e. The number of carbonyl (C=O) groups is 4. The highest BCUT2D eigenvalue weighted by atomic mass is 35.5. The Morgan fingerprint density at radius 1 is 0.818 bits per heavy atom. The minimum Gasteiger partial charge on any atom is -0.449 e. The van der Waals surface area contributed by atoms with Gasteiger partial charge in [0.25, 0.3) is 5.91 Å². The van der Waals surface area contributed by atoms with E-state index in [1.807, 2.05) is 37.3 Å². The van der Waals surface area contributed by atoms with Crippen LogP contribution in [0.2, 0.25) is 5.02 Å². The molecule has 1 amide bonds. The van der Waals surface area contributed by atoms with E-state index in [0.717, 1.165) is 5.56 Å². The second kappa shape index (κ2) is 9.00. The van der Waals surface area contributed by atoms with Gasteiger partial charge in [-0.2, -0.15) is 0 Å². The van der Waals surface area contributed by atoms with Crippen molar-refractivity contribution in [1.29, 1.82) is 0 Å². The molecule has 0 saturated heterocycles. The van der Waals surface area contributed by atoms with E-state index in [9.17, 15) is 19.2 Å². The number of carbonyl (C=O) groups excluding carboxylic acids is 4. The fourth-order valence-electron chi connectivity index (χ4n) is 3.74. The maximum absolute atomic E-state index is 13.0. The summed E-state index contributed by atoms with van der Waals surface area (Å²) in [7, 11) is 0. The molecule has 0 fully saturated rings. The van der Waals surface area contributed by atoms with Crippen molar-refractivity contribution < 1.29 is 23.9 Å². The molecule has 33 heavy (non-hydrogen) atoms. The lowest BCUT2D eigenvalue weighted by atomic mass is 9.83. The van der Waals surface area contributed by atoms with Crippen LogP contribution in [0.25, 0.3) is 0 Å². The highest BCUT2D eigenvalue weighted by Gasteiger charge is 2.34. The van der Waals surface area contributed by atoms with Crippen molar-refractivity contribution in [1.82, 2.24) is 5.32 Å². The molecule has 0 spiro atoms. The summed E-state index contributed by atoms with van der Waals surface area (Å²) in [6.07, 6.45) is -1.10. The SMILES string of the molecule is CC(OC(=O)c1ccc2c(c1Cl)C(=O)c1ccccc1C2=O)C(=O)NC(C)c1ccccc1. The van der Waals surface area contributed by atoms with Gasteiger partial charge in [0.05, 0.1) is 22.2 Å². The molecule has 1 N–H and O–H groups in total. The van der Waals surface area contributed by atoms with Crippen LogP contribution >= 0.6 is 11.6 Å². The lowest BCUT2D eigenvalue weighted by Crippen LogP contribution is -2.37. The first-order valence-corrected chi connectivity index (χ1v) is 10.7. The first-order chi connectivity index (χ1) is 15.8. The Bertz CT molecular complexity index is 1290. The fourth-order valence-corrected chi connectivity index (χ4v) is 4.06. The average Bonchev–Trinajstić information content (AvgIpc) is 2.82. The molecule has 0 aliphatic heterocycles. The van der Waals surface area contributed by atoms with E-state index in [-0.39, 0.29) is 39.1 Å². The number of nitrogens with one attached hydrogen (secondary N) is 1. The highest BCUT2D eigenvalue weighted by Crippen LogP contribution is 2.34. The number of hydrogen-bond acceptors (Lipinski definition) is 5. The molecular formula is C26H20ClNO5. The number of rotatable bonds is 5. The minimum atomic E-state index is -1.10. The molecule has 3 aromatic carbocycles. The standard InChI is InChI=1S/C26H20ClNO5/c1-14(16-8-4-3-5-9-16)28-25(31)15(2)33-26(32)20-13-12-19-21(22(20)27)24(30)18-11-7-6-10-17(18)23(19)29/h3-15H,1-2H3,(H,28,31). The van der Waals surface area contributed by atoms with Gasteiger partial charge < -0.3 is 10.1 Å². The molecule has 166 valence electrons. The third kappa shape index (κ3) is 4.17. The van der Waals surface area contributed by atoms with Gasteiger partial charge in [0, 0.05) is 16.7 Å². The lowest BCUT2D eigenvalue weighted by molar-refractivity contribution is -0.129. The molecule has 2 atom stereocenters. The van der Waals surface area contributed by atoms with Crippen molar-refractivity contribution >= 4 is 35.0 Å². The molecule has 4 rings (SSSR count). The number of benzene rings is 3. The quantitative estimate of drug-likeness (QED) is 0.441. The summed E-state index contributed by atoms with van der Waals surface area (Å²) >= 11 is 6.40. The Kier molecular flexibility index (Phi) is 6.11. The van der Waals surface area contributed by atoms with Gasteiger partial charge >= 0.3 is 5.97 Å². The molecule has 3 aromatic rings. The van der Waals surface area contributed by atoms with E-state index in [1.165, 1.54) is 19.1 Å². The Hall–Kier alpha value is -3.77. The van der Waals surface area contributed by atoms with Crippen molar-refractivity contribution in [2.24, 2.45) is 0 Å². The summed E-state index contributed by atoms with van der Waals surface area (Å²) in [4.78, 5) is 51.1. The van der Waals surface area contributed by atoms with Crippen LogP contribution in [0.5, 0.6) is 0 Å². The van der Waals surface area contributed by atoms with Crippen LogP contribution in [0.15, 0.2) is 66.7 Å². The van der Waals surface area contributed by atoms with Crippen molar-refractivity contribution in [2.45, 2.75) is 26.0 Å². The Morgan fingerprint density at radius 2 is 1.42 bits per heavy atom. The van der Waals surface area contributed by atoms with Crippen LogP contribution in [-0.2, 0) is 9.53 Å². The van der Waals surface area contributed by atoms with Gasteiger partial charge in [0.1, 0.15) is 0 Å². The average molecular weight is 462 g/mol. The Balaban J connectivity index is 1.53. The number of halogens is 1. The number of ether oxygens (including phenoxy) is 1. The molecule has 0 aromatic heterocycles. The van der Waals surface area contributed by atoms with Crippen molar-refractivity contribution in [2.75, 3.05) is 0 Å². The topological polar surface area (TPSA) is 89.5 Å². The third-order valence-electron chi connectivity index (χ3n) is 5.56. The molecule has 1 aliphatic rings. The van der Waals surface area contributed by atoms with Crippen molar-refractivity contribution in [3.63, 3.8) is 0 Å². The maximum atomic E-state index is 13.0. The number of ketones is 2. The maximum Gasteiger partial charge on any atom is 0.340 e. The van der Waals surface area contributed by atoms with Crippen LogP contribution in [0.4, 0.5) is 0 Å². The number of hydrogen-bond donors (Lipinski definition) is 1. The molecule has 0 heterocycles. The molecule has 2 unspecified atom stereocenters. The Morgan fingerprint density at radius 3 is 2.09 bits per heavy atom. The van der Waals surface area contributed by atoms with Gasteiger partial charge in [-0.15, -0.1) is 0 Å². The van der Waals surface area contributed by atoms with Gasteiger partial charge in [0.15, 0.2) is 17.7 Å². The Labute approximate surface area is 195 Å². The van der Waals surface area contributed by atoms with E-state index in [2.05, 4.69) is 5.32 Å². The molecule has 0 radical (unpaired) electrons. The molecule has 1 aliphatic carbocycles. The monoisotopic (exact) mass is 461 g/mol. The largest absolute Gasteiger partial charge is 0.449 e. The second-order valence-electron chi connectivity index (χ2n) is 7.74. The van der Waals surface area contributed by atoms with E-state index in [1.54, 1.807) is 24.3 Å². The summed E-state index contributed by atoms with van der Waals surface area (Å²) < 4.78 is 5.31. The predicted molar refractivity (Wildman–Crippen MR) is 123 cm³/mol. The van der Waals surface area contributed by atoms with E-state index in [4.69, 9.17) is 16.3 Å². The normalized spacial score (nSPS) is 14.0. The summed E-state index contributed by atoms with van der Waals surface area (Å²) in [6.45, 7) is 3.27. The fraction of sp³-hybridized carbons (Fsp3) is 0.154. The third-order valence-corrected chi connectivity index (χ3v) is 5.95. The lowest BCUT2D eigenvalue weighted by Gasteiger charge is -2.21. The summed E-state index contributed by atoms with van der Waals surface area (Å²) in [5.41, 5.74) is 1.42. The zero-order valence-electron chi connectivity index (χ0n) is 17.9. The summed E-state index contributed by atoms with van der Waals surface area (Å²) in [5.74, 6) is -2.13. The van der Waals surface area contributed by atoms with Crippen LogP contribution in [0, 0.1) is 0 Å². The first kappa shape index (κ1) is 22.4. The van der Waals surface area contributed by atoms with Gasteiger partial charge in [-0.25, -0.2) is 4.79 Å². The minimum absolute atomic E-state index is 0.0374. The van der Waals surface area contributed by atoms with Gasteiger partial charge in [-0.05, 0) is 31.5 Å². The second-order valence-corrected chi connectivity index (χ2v) is 8.12. The predicted octanol–water partition coefficient (Wildman–Crippen LogP) is 4.54. The first-order valence-electron chi connectivity index (χ1n) is 10.4. The highest BCUT2D eigenvalue weighted by molar-refractivity contribution is 6.41. The summed E-state index contributed by atoms with van der Waals surface area (Å²) in [5, 5.41) is 2.62. The van der Waals surface area contributed by atoms with Crippen LogP contribution < -0.4 is 5.32 Å². The van der Waals surface area contributed by atoms with Crippen LogP contribution in [-0.4, -0.2) is 29.5 Å². The van der Waals surface area contributed by atoms with E-state index < -0.39 is 23.8 Å². The number of esters is 1. The van der Waals surface area contributed by atoms with E-state index in [0.29, 0.717) is 5.56 Å². The molecule has 6 nitrogen and oxygen atoms in total. The van der Waals surface area contributed by atoms with Crippen LogP contribution in [0.3, 0.4) is 0 Å². The zero-order chi connectivity index (χ0) is 23.7. The number of fused-ring (bicyclic) bond motifs is 2. The molecule has 0 saturated carbocycles. The molecule has 0 bridgehead atoms. The van der Waals surface area contributed by atoms with Gasteiger partial charge in [0.2, 0.25) is 0 Å². The van der Waals surface area contributed by atoms with Gasteiger partial charge in [-0.3, -0.25) is 14.4 Å². The van der Waals surface area contributed by atoms with Gasteiger partial charge in [-0.1, -0.05) is 66.2 Å². The molecular weight excluding hydrogens is 442 g/mol. The molecule has 7 heteroatoms. The number of amides is 1. The van der Waals surface area contributed by atoms with E-state index >= 15 is 0 Å². The zero-order valence-corrected chi connectivity index (χ0v) is 18.7. The van der Waals surface area contributed by atoms with Crippen molar-refractivity contribution in [3.8, 4) is 0 Å². The van der Waals surface area contributed by atoms with Crippen molar-refractivity contribution in [3.05, 3.63) is 105 Å².